The smallest absolute Gasteiger partial charge is 0.377 e. The largest absolute Gasteiger partial charge is 0.500 e. The highest BCUT2D eigenvalue weighted by Crippen LogP contribution is 2.18. The molecule has 0 radical (unpaired) electrons. The van der Waals surface area contributed by atoms with Crippen LogP contribution in [0.4, 0.5) is 0 Å². The Morgan fingerprint density at radius 2 is 1.07 bits per heavy atom. The summed E-state index contributed by atoms with van der Waals surface area (Å²) in [5.74, 6) is 1.40. The van der Waals surface area contributed by atoms with Gasteiger partial charge in [-0.15, -0.1) is 0 Å². The Bertz CT molecular complexity index is 672. The molecular weight excluding hydrogens is 587 g/mol. The van der Waals surface area contributed by atoms with Gasteiger partial charge in [0.25, 0.3) is 0 Å². The van der Waals surface area contributed by atoms with Gasteiger partial charge >= 0.3 is 17.6 Å². The van der Waals surface area contributed by atoms with Crippen LogP contribution < -0.4 is 16.8 Å². The Morgan fingerprint density at radius 1 is 0.683 bits per heavy atom. The van der Waals surface area contributed by atoms with Crippen LogP contribution in [0, 0.1) is 17.8 Å². The predicted octanol–water partition coefficient (Wildman–Crippen LogP) is 3.04. The Balaban J connectivity index is -0.000000574. The minimum Gasteiger partial charge on any atom is -0.377 e. The maximum Gasteiger partial charge on any atom is 0.500 e. The molecule has 3 atom stereocenters. The molecule has 12 nitrogen and oxygen atoms in total. The highest BCUT2D eigenvalue weighted by molar-refractivity contribution is 7.99. The molecule has 0 aliphatic heterocycles. The lowest BCUT2D eigenvalue weighted by Crippen LogP contribution is -2.43. The van der Waals surface area contributed by atoms with Gasteiger partial charge in [0.05, 0.1) is 0 Å². The molecule has 246 valence electrons. The summed E-state index contributed by atoms with van der Waals surface area (Å²) >= 11 is 1.72. The molecule has 0 aromatic heterocycles. The van der Waals surface area contributed by atoms with Gasteiger partial charge in [-0.25, -0.2) is 0 Å². The number of carbonyl (C=O) groups is 3. The zero-order valence-corrected chi connectivity index (χ0v) is 30.1. The molecule has 0 heterocycles. The number of amides is 3. The van der Waals surface area contributed by atoms with Crippen molar-refractivity contribution in [3.05, 3.63) is 0 Å². The van der Waals surface area contributed by atoms with Crippen molar-refractivity contribution in [3.63, 3.8) is 0 Å². The summed E-state index contributed by atoms with van der Waals surface area (Å²) in [5, 5.41) is 2.89. The molecule has 0 saturated carbocycles. The number of nitrogens with one attached hydrogen (secondary N) is 1. The van der Waals surface area contributed by atoms with Crippen LogP contribution in [0.1, 0.15) is 60.3 Å². The highest BCUT2D eigenvalue weighted by Gasteiger charge is 2.37. The second kappa shape index (κ2) is 26.6. The number of hydrogen-bond donors (Lipinski definition) is 3. The van der Waals surface area contributed by atoms with E-state index < -0.39 is 17.6 Å². The van der Waals surface area contributed by atoms with Crippen LogP contribution in [0.3, 0.4) is 0 Å². The first-order valence-electron chi connectivity index (χ1n) is 14.0. The van der Waals surface area contributed by atoms with Crippen molar-refractivity contribution in [1.82, 2.24) is 5.32 Å². The Kier molecular flexibility index (Phi) is 28.8. The van der Waals surface area contributed by atoms with E-state index in [1.54, 1.807) is 54.4 Å². The Hall–Kier alpha value is -1.05. The van der Waals surface area contributed by atoms with Gasteiger partial charge in [-0.1, -0.05) is 34.6 Å². The lowest BCUT2D eigenvalue weighted by Gasteiger charge is -2.24. The summed E-state index contributed by atoms with van der Waals surface area (Å²) in [6.45, 7) is 10.2. The Labute approximate surface area is 255 Å². The maximum absolute atomic E-state index is 11.5. The first kappa shape index (κ1) is 44.4. The summed E-state index contributed by atoms with van der Waals surface area (Å²) in [6.07, 6.45) is 3.44. The number of nitrogens with two attached hydrogens (primary N) is 2. The third-order valence-corrected chi connectivity index (χ3v) is 13.6. The van der Waals surface area contributed by atoms with Gasteiger partial charge < -0.3 is 43.3 Å². The van der Waals surface area contributed by atoms with Crippen molar-refractivity contribution in [2.45, 2.75) is 72.4 Å². The Morgan fingerprint density at radius 3 is 1.39 bits per heavy atom. The van der Waals surface area contributed by atoms with E-state index in [4.69, 9.17) is 38.0 Å². The van der Waals surface area contributed by atoms with Gasteiger partial charge in [0.2, 0.25) is 17.7 Å². The molecule has 41 heavy (non-hydrogen) atoms. The van der Waals surface area contributed by atoms with Gasteiger partial charge in [-0.2, -0.15) is 11.8 Å². The van der Waals surface area contributed by atoms with Crippen molar-refractivity contribution in [3.8, 4) is 0 Å². The van der Waals surface area contributed by atoms with Gasteiger partial charge in [-0.3, -0.25) is 14.4 Å². The standard InChI is InChI=1S/C11H25NO4Si.C10H23NO4SSi.C5H11NO/c1-6-10(2)11(13)12-8-7-9-17(14-3,15-4)16-5;1-9(10(11)12)8-16-6-5-7-17(13-2,14-3)15-4;1-3-4(2)5(6)7/h10H,6-9H2,1-5H3,(H,12,13);9H,5-8H2,1-4H3,(H2,11,12);4H,3H2,1-2H3,(H2,6,7). The number of primary amides is 2. The van der Waals surface area contributed by atoms with E-state index in [9.17, 15) is 14.4 Å². The van der Waals surface area contributed by atoms with E-state index in [0.29, 0.717) is 12.6 Å². The molecule has 0 spiro atoms. The number of thioether (sulfide) groups is 1. The van der Waals surface area contributed by atoms with Gasteiger partial charge in [-0.05, 0) is 31.4 Å². The van der Waals surface area contributed by atoms with Crippen molar-refractivity contribution in [1.29, 1.82) is 0 Å². The van der Waals surface area contributed by atoms with E-state index in [2.05, 4.69) is 5.32 Å². The van der Waals surface area contributed by atoms with Crippen molar-refractivity contribution in [2.75, 3.05) is 60.7 Å². The maximum atomic E-state index is 11.5. The van der Waals surface area contributed by atoms with E-state index in [1.165, 1.54) is 0 Å². The van der Waals surface area contributed by atoms with Crippen molar-refractivity contribution in [2.24, 2.45) is 29.2 Å². The van der Waals surface area contributed by atoms with E-state index in [-0.39, 0.29) is 35.5 Å². The van der Waals surface area contributed by atoms with E-state index >= 15 is 0 Å². The monoisotopic (exact) mass is 645 g/mol. The van der Waals surface area contributed by atoms with Crippen LogP contribution in [-0.4, -0.2) is 96.0 Å². The first-order chi connectivity index (χ1) is 19.2. The van der Waals surface area contributed by atoms with Crippen LogP contribution in [0.15, 0.2) is 0 Å². The quantitative estimate of drug-likeness (QED) is 0.125. The third kappa shape index (κ3) is 21.3. The minimum atomic E-state index is -2.48. The van der Waals surface area contributed by atoms with Gasteiger partial charge in [0, 0.05) is 84.8 Å². The second-order valence-corrected chi connectivity index (χ2v) is 16.8. The van der Waals surface area contributed by atoms with Crippen LogP contribution in [0.5, 0.6) is 0 Å². The molecule has 3 unspecified atom stereocenters. The summed E-state index contributed by atoms with van der Waals surface area (Å²) < 4.78 is 31.8. The lowest BCUT2D eigenvalue weighted by molar-refractivity contribution is -0.124. The summed E-state index contributed by atoms with van der Waals surface area (Å²) in [6, 6.07) is 1.49. The zero-order chi connectivity index (χ0) is 32.5. The molecule has 0 saturated heterocycles. The molecule has 0 aliphatic carbocycles. The lowest BCUT2D eigenvalue weighted by atomic mass is 10.1. The summed E-state index contributed by atoms with van der Waals surface area (Å²) in [4.78, 5) is 32.5. The molecule has 0 bridgehead atoms. The average molecular weight is 646 g/mol. The molecule has 0 aromatic rings. The fourth-order valence-corrected chi connectivity index (χ4v) is 7.66. The minimum absolute atomic E-state index is 0.0417. The summed E-state index contributed by atoms with van der Waals surface area (Å²) in [5.41, 5.74) is 10.1. The SMILES string of the molecule is CCC(C)C(=O)NCCC[Si](OC)(OC)OC.CCC(C)C(N)=O.CO[Si](CCCSCC(C)C(N)=O)(OC)OC. The fraction of sp³-hybridized carbons (Fsp3) is 0.885. The van der Waals surface area contributed by atoms with Crippen LogP contribution in [-0.2, 0) is 40.9 Å². The molecule has 3 amide bonds. The normalized spacial score (nSPS) is 13.5. The van der Waals surface area contributed by atoms with Crippen molar-refractivity contribution < 1.29 is 40.9 Å². The van der Waals surface area contributed by atoms with Crippen LogP contribution in [0.2, 0.25) is 12.1 Å². The molecule has 0 fully saturated rings. The van der Waals surface area contributed by atoms with Crippen molar-refractivity contribution >= 4 is 47.1 Å². The van der Waals surface area contributed by atoms with Gasteiger partial charge in [0.15, 0.2) is 0 Å². The van der Waals surface area contributed by atoms with Crippen LogP contribution in [0.25, 0.3) is 0 Å². The molecule has 0 rings (SSSR count). The third-order valence-electron chi connectivity index (χ3n) is 6.61. The number of rotatable bonds is 21. The topological polar surface area (TPSA) is 171 Å². The van der Waals surface area contributed by atoms with E-state index in [1.807, 2.05) is 34.6 Å². The first-order valence-corrected chi connectivity index (χ1v) is 19.0. The van der Waals surface area contributed by atoms with E-state index in [0.717, 1.165) is 43.2 Å². The highest BCUT2D eigenvalue weighted by atomic mass is 32.2. The molecule has 0 aromatic carbocycles. The average Bonchev–Trinajstić information content (AvgIpc) is 2.99. The van der Waals surface area contributed by atoms with Gasteiger partial charge in [0.1, 0.15) is 0 Å². The molecular formula is C26H59N3O9SSi2. The number of hydrogen-bond acceptors (Lipinski definition) is 10. The molecule has 0 aliphatic rings. The molecule has 5 N–H and O–H groups in total. The molecule has 15 heteroatoms. The zero-order valence-electron chi connectivity index (χ0n) is 27.3. The predicted molar refractivity (Wildman–Crippen MR) is 169 cm³/mol. The summed E-state index contributed by atoms with van der Waals surface area (Å²) in [7, 11) is 4.72. The fourth-order valence-electron chi connectivity index (χ4n) is 2.92. The number of carbonyl (C=O) groups excluding carboxylic acids is 3. The second-order valence-electron chi connectivity index (χ2n) is 9.49. The van der Waals surface area contributed by atoms with Crippen LogP contribution >= 0.6 is 11.8 Å².